The third-order valence-electron chi connectivity index (χ3n) is 3.65. The summed E-state index contributed by atoms with van der Waals surface area (Å²) in [4.78, 5) is 0. The maximum atomic E-state index is 10.00. The van der Waals surface area contributed by atoms with E-state index >= 15 is 0 Å². The molecule has 2 N–H and O–H groups in total. The number of rotatable bonds is 3. The number of benzene rings is 1. The number of hydrogen-bond donors (Lipinski definition) is 2. The fourth-order valence-electron chi connectivity index (χ4n) is 2.61. The van der Waals surface area contributed by atoms with Gasteiger partial charge in [0.25, 0.3) is 0 Å². The molecule has 0 radical (unpaired) electrons. The second-order valence-electron chi connectivity index (χ2n) is 5.34. The van der Waals surface area contributed by atoms with Crippen LogP contribution in [0.15, 0.2) is 24.3 Å². The first-order valence-electron chi connectivity index (χ1n) is 6.72. The van der Waals surface area contributed by atoms with Gasteiger partial charge in [0.2, 0.25) is 0 Å². The first-order valence-corrected chi connectivity index (χ1v) is 6.72. The normalized spacial score (nSPS) is 24.9. The number of nitrogens with one attached hydrogen (secondary N) is 1. The summed E-state index contributed by atoms with van der Waals surface area (Å²) in [5.74, 6) is 0.513. The highest BCUT2D eigenvalue weighted by atomic mass is 16.3. The van der Waals surface area contributed by atoms with Crippen LogP contribution in [0.1, 0.15) is 51.0 Å². The fourth-order valence-corrected chi connectivity index (χ4v) is 2.61. The van der Waals surface area contributed by atoms with E-state index in [1.165, 1.54) is 17.7 Å². The average molecular weight is 233 g/mol. The Hall–Kier alpha value is -1.02. The number of aliphatic hydroxyl groups is 1. The zero-order valence-electron chi connectivity index (χ0n) is 10.8. The Morgan fingerprint density at radius 2 is 1.88 bits per heavy atom. The summed E-state index contributed by atoms with van der Waals surface area (Å²) < 4.78 is 0. The van der Waals surface area contributed by atoms with Crippen molar-refractivity contribution in [2.75, 3.05) is 5.32 Å². The molecule has 2 nitrogen and oxygen atoms in total. The predicted octanol–water partition coefficient (Wildman–Crippen LogP) is 3.53. The van der Waals surface area contributed by atoms with Crippen molar-refractivity contribution >= 4 is 5.69 Å². The van der Waals surface area contributed by atoms with Crippen molar-refractivity contribution in [3.8, 4) is 0 Å². The number of hydrogen-bond acceptors (Lipinski definition) is 2. The van der Waals surface area contributed by atoms with Crippen LogP contribution in [0.25, 0.3) is 0 Å². The maximum Gasteiger partial charge on any atom is 0.0741 e. The van der Waals surface area contributed by atoms with Crippen LogP contribution in [-0.4, -0.2) is 17.3 Å². The van der Waals surface area contributed by atoms with Crippen LogP contribution in [0.4, 0.5) is 5.69 Å². The van der Waals surface area contributed by atoms with E-state index in [4.69, 9.17) is 0 Å². The standard InChI is InChI=1S/C15H23NO/c1-11(2)12-7-3-4-8-13(12)16-14-9-5-6-10-15(14)17/h3-4,7-8,11,14-17H,5-6,9-10H2,1-2H3/t14-,15-/m1/s1. The third kappa shape index (κ3) is 3.01. The molecule has 0 aliphatic heterocycles. The molecule has 1 aliphatic rings. The molecule has 1 aliphatic carbocycles. The highest BCUT2D eigenvalue weighted by Crippen LogP contribution is 2.27. The zero-order chi connectivity index (χ0) is 12.3. The summed E-state index contributed by atoms with van der Waals surface area (Å²) in [7, 11) is 0. The van der Waals surface area contributed by atoms with E-state index in [2.05, 4.69) is 43.4 Å². The lowest BCUT2D eigenvalue weighted by Crippen LogP contribution is -2.36. The molecule has 0 bridgehead atoms. The first kappa shape index (κ1) is 12.4. The van der Waals surface area contributed by atoms with Crippen LogP contribution in [0, 0.1) is 0 Å². The van der Waals surface area contributed by atoms with Crippen LogP contribution in [0.2, 0.25) is 0 Å². The Kier molecular flexibility index (Phi) is 4.06. The van der Waals surface area contributed by atoms with Crippen LogP contribution >= 0.6 is 0 Å². The van der Waals surface area contributed by atoms with E-state index < -0.39 is 0 Å². The number of para-hydroxylation sites is 1. The van der Waals surface area contributed by atoms with Gasteiger partial charge in [-0.25, -0.2) is 0 Å². The molecule has 1 saturated carbocycles. The van der Waals surface area contributed by atoms with Gasteiger partial charge in [0.15, 0.2) is 0 Å². The van der Waals surface area contributed by atoms with E-state index in [9.17, 15) is 5.11 Å². The number of aliphatic hydroxyl groups excluding tert-OH is 1. The summed E-state index contributed by atoms with van der Waals surface area (Å²) in [6, 6.07) is 8.66. The molecule has 0 spiro atoms. The van der Waals surface area contributed by atoms with Crippen LogP contribution < -0.4 is 5.32 Å². The van der Waals surface area contributed by atoms with E-state index in [-0.39, 0.29) is 12.1 Å². The van der Waals surface area contributed by atoms with Gasteiger partial charge < -0.3 is 10.4 Å². The van der Waals surface area contributed by atoms with Crippen molar-refractivity contribution < 1.29 is 5.11 Å². The zero-order valence-corrected chi connectivity index (χ0v) is 10.8. The molecule has 1 aromatic rings. The summed E-state index contributed by atoms with van der Waals surface area (Å²) in [5.41, 5.74) is 2.53. The Bertz CT molecular complexity index is 362. The Balaban J connectivity index is 2.12. The van der Waals surface area contributed by atoms with E-state index in [0.29, 0.717) is 5.92 Å². The van der Waals surface area contributed by atoms with Gasteiger partial charge in [-0.15, -0.1) is 0 Å². The SMILES string of the molecule is CC(C)c1ccccc1N[C@@H]1CCCC[C@H]1O. The summed E-state index contributed by atoms with van der Waals surface area (Å²) in [6.07, 6.45) is 4.20. The van der Waals surface area contributed by atoms with Gasteiger partial charge in [0, 0.05) is 5.69 Å². The average Bonchev–Trinajstić information content (AvgIpc) is 2.32. The second-order valence-corrected chi connectivity index (χ2v) is 5.34. The maximum absolute atomic E-state index is 10.00. The predicted molar refractivity (Wildman–Crippen MR) is 72.4 cm³/mol. The molecule has 0 aromatic heterocycles. The van der Waals surface area contributed by atoms with Crippen LogP contribution in [0.3, 0.4) is 0 Å². The summed E-state index contributed by atoms with van der Waals surface area (Å²) in [5, 5.41) is 13.5. The minimum Gasteiger partial charge on any atom is -0.391 e. The first-order chi connectivity index (χ1) is 8.18. The summed E-state index contributed by atoms with van der Waals surface area (Å²) >= 11 is 0. The molecular formula is C15H23NO. The topological polar surface area (TPSA) is 32.3 Å². The van der Waals surface area contributed by atoms with Gasteiger partial charge in [-0.1, -0.05) is 44.9 Å². The van der Waals surface area contributed by atoms with Gasteiger partial charge in [-0.3, -0.25) is 0 Å². The van der Waals surface area contributed by atoms with Crippen LogP contribution in [0.5, 0.6) is 0 Å². The third-order valence-corrected chi connectivity index (χ3v) is 3.65. The lowest BCUT2D eigenvalue weighted by molar-refractivity contribution is 0.116. The molecule has 1 fully saturated rings. The lowest BCUT2D eigenvalue weighted by atomic mass is 9.91. The molecule has 0 saturated heterocycles. The Morgan fingerprint density at radius 1 is 1.18 bits per heavy atom. The molecule has 2 rings (SSSR count). The van der Waals surface area contributed by atoms with Gasteiger partial charge in [0.05, 0.1) is 12.1 Å². The molecule has 1 aromatic carbocycles. The fraction of sp³-hybridized carbons (Fsp3) is 0.600. The van der Waals surface area contributed by atoms with Crippen LogP contribution in [-0.2, 0) is 0 Å². The van der Waals surface area contributed by atoms with Crippen molar-refractivity contribution in [2.24, 2.45) is 0 Å². The minimum atomic E-state index is -0.191. The smallest absolute Gasteiger partial charge is 0.0741 e. The molecule has 94 valence electrons. The minimum absolute atomic E-state index is 0.191. The van der Waals surface area contributed by atoms with Crippen molar-refractivity contribution in [3.05, 3.63) is 29.8 Å². The monoisotopic (exact) mass is 233 g/mol. The summed E-state index contributed by atoms with van der Waals surface area (Å²) in [6.45, 7) is 4.41. The van der Waals surface area contributed by atoms with E-state index in [1.807, 2.05) is 0 Å². The van der Waals surface area contributed by atoms with Crippen molar-refractivity contribution in [2.45, 2.75) is 57.6 Å². The molecule has 2 heteroatoms. The number of anilines is 1. The van der Waals surface area contributed by atoms with E-state index in [1.54, 1.807) is 0 Å². The van der Waals surface area contributed by atoms with Crippen molar-refractivity contribution in [3.63, 3.8) is 0 Å². The molecule has 0 amide bonds. The van der Waals surface area contributed by atoms with Gasteiger partial charge in [-0.2, -0.15) is 0 Å². The van der Waals surface area contributed by atoms with Gasteiger partial charge in [0.1, 0.15) is 0 Å². The largest absolute Gasteiger partial charge is 0.391 e. The Labute approximate surface area is 104 Å². The highest BCUT2D eigenvalue weighted by Gasteiger charge is 2.23. The van der Waals surface area contributed by atoms with Gasteiger partial charge in [-0.05, 0) is 30.4 Å². The molecule has 2 atom stereocenters. The Morgan fingerprint density at radius 3 is 2.59 bits per heavy atom. The quantitative estimate of drug-likeness (QED) is 0.837. The van der Waals surface area contributed by atoms with Crippen molar-refractivity contribution in [1.82, 2.24) is 0 Å². The highest BCUT2D eigenvalue weighted by molar-refractivity contribution is 5.53. The molecule has 0 unspecified atom stereocenters. The molecular weight excluding hydrogens is 210 g/mol. The molecule has 17 heavy (non-hydrogen) atoms. The molecule has 0 heterocycles. The van der Waals surface area contributed by atoms with Crippen molar-refractivity contribution in [1.29, 1.82) is 0 Å². The van der Waals surface area contributed by atoms with Gasteiger partial charge >= 0.3 is 0 Å². The second kappa shape index (κ2) is 5.54. The lowest BCUT2D eigenvalue weighted by Gasteiger charge is -2.30. The van der Waals surface area contributed by atoms with E-state index in [0.717, 1.165) is 19.3 Å².